The molecule has 104 valence electrons. The van der Waals surface area contributed by atoms with Crippen molar-refractivity contribution < 1.29 is 8.83 Å². The first-order chi connectivity index (χ1) is 10.4. The predicted molar refractivity (Wildman–Crippen MR) is 83.4 cm³/mol. The topological polar surface area (TPSA) is 52.1 Å². The van der Waals surface area contributed by atoms with Crippen LogP contribution in [0.15, 0.2) is 62.0 Å². The smallest absolute Gasteiger partial charge is 0.257 e. The Labute approximate surface area is 128 Å². The first-order valence-corrected chi connectivity index (χ1v) is 8.22. The van der Waals surface area contributed by atoms with Gasteiger partial charge >= 0.3 is 0 Å². The van der Waals surface area contributed by atoms with Gasteiger partial charge in [-0.3, -0.25) is 0 Å². The molecule has 4 rings (SSSR count). The van der Waals surface area contributed by atoms with Gasteiger partial charge in [-0.2, -0.15) is 0 Å². The third-order valence-corrected chi connectivity index (χ3v) is 4.61. The van der Waals surface area contributed by atoms with Crippen molar-refractivity contribution in [2.75, 3.05) is 0 Å². The summed E-state index contributed by atoms with van der Waals surface area (Å²) >= 11 is 3.11. The molecule has 3 aromatic heterocycles. The number of thiophene rings is 1. The summed E-state index contributed by atoms with van der Waals surface area (Å²) in [5.41, 5.74) is 1.67. The van der Waals surface area contributed by atoms with Gasteiger partial charge in [-0.05, 0) is 23.6 Å². The lowest BCUT2D eigenvalue weighted by Crippen LogP contribution is -1.78. The molecule has 0 saturated carbocycles. The third kappa shape index (κ3) is 2.59. The van der Waals surface area contributed by atoms with Gasteiger partial charge in [0.25, 0.3) is 5.22 Å². The molecule has 0 fully saturated rings. The minimum Gasteiger partial charge on any atom is -0.439 e. The molecule has 0 unspecified atom stereocenters. The Hall–Kier alpha value is -2.05. The first-order valence-electron chi connectivity index (χ1n) is 6.35. The second-order valence-electron chi connectivity index (χ2n) is 4.33. The number of hydrogen-bond donors (Lipinski definition) is 0. The van der Waals surface area contributed by atoms with E-state index in [4.69, 9.17) is 8.83 Å². The molecule has 21 heavy (non-hydrogen) atoms. The van der Waals surface area contributed by atoms with Crippen LogP contribution in [0.3, 0.4) is 0 Å². The number of aromatic nitrogens is 2. The lowest BCUT2D eigenvalue weighted by Gasteiger charge is -1.92. The van der Waals surface area contributed by atoms with Crippen molar-refractivity contribution in [2.45, 2.75) is 11.0 Å². The fourth-order valence-corrected chi connectivity index (χ4v) is 3.31. The Balaban J connectivity index is 1.49. The highest BCUT2D eigenvalue weighted by atomic mass is 32.2. The quantitative estimate of drug-likeness (QED) is 0.505. The van der Waals surface area contributed by atoms with Crippen molar-refractivity contribution in [3.8, 4) is 10.6 Å². The van der Waals surface area contributed by atoms with Crippen LogP contribution in [0.4, 0.5) is 0 Å². The summed E-state index contributed by atoms with van der Waals surface area (Å²) in [6, 6.07) is 11.7. The summed E-state index contributed by atoms with van der Waals surface area (Å²) in [6.07, 6.45) is 1.76. The molecule has 0 N–H and O–H groups in total. The fraction of sp³-hybridized carbons (Fsp3) is 0.0667. The monoisotopic (exact) mass is 314 g/mol. The SMILES string of the molecule is c1csc(-c2cnc(CSc3nc4ccccc4o3)o2)c1. The number of rotatable bonds is 4. The van der Waals surface area contributed by atoms with Crippen molar-refractivity contribution in [1.82, 2.24) is 9.97 Å². The molecule has 0 bridgehead atoms. The Morgan fingerprint density at radius 2 is 2.05 bits per heavy atom. The molecule has 0 saturated heterocycles. The largest absolute Gasteiger partial charge is 0.439 e. The fourth-order valence-electron chi connectivity index (χ4n) is 1.95. The van der Waals surface area contributed by atoms with E-state index >= 15 is 0 Å². The van der Waals surface area contributed by atoms with Gasteiger partial charge in [-0.25, -0.2) is 9.97 Å². The maximum Gasteiger partial charge on any atom is 0.257 e. The summed E-state index contributed by atoms with van der Waals surface area (Å²) in [5, 5.41) is 2.65. The van der Waals surface area contributed by atoms with E-state index in [9.17, 15) is 0 Å². The molecular formula is C15H10N2O2S2. The molecule has 0 aliphatic rings. The molecule has 0 radical (unpaired) electrons. The summed E-state index contributed by atoms with van der Waals surface area (Å²) in [7, 11) is 0. The zero-order valence-corrected chi connectivity index (χ0v) is 12.5. The molecule has 1 aromatic carbocycles. The number of thioether (sulfide) groups is 1. The Morgan fingerprint density at radius 3 is 2.90 bits per heavy atom. The van der Waals surface area contributed by atoms with Crippen molar-refractivity contribution >= 4 is 34.2 Å². The molecule has 0 aliphatic carbocycles. The summed E-state index contributed by atoms with van der Waals surface area (Å²) in [6.45, 7) is 0. The van der Waals surface area contributed by atoms with Gasteiger partial charge in [-0.15, -0.1) is 11.3 Å². The standard InChI is InChI=1S/C15H10N2O2S2/c1-2-5-11-10(4-1)17-15(19-11)21-9-14-16-8-12(18-14)13-6-3-7-20-13/h1-8H,9H2. The average Bonchev–Trinajstić information content (AvgIpc) is 3.23. The number of oxazole rings is 2. The summed E-state index contributed by atoms with van der Waals surface area (Å²) < 4.78 is 11.4. The highest BCUT2D eigenvalue weighted by Crippen LogP contribution is 2.29. The van der Waals surface area contributed by atoms with Gasteiger partial charge < -0.3 is 8.83 Å². The highest BCUT2D eigenvalue weighted by molar-refractivity contribution is 7.98. The van der Waals surface area contributed by atoms with Gasteiger partial charge in [0, 0.05) is 0 Å². The van der Waals surface area contributed by atoms with Crippen LogP contribution in [0.2, 0.25) is 0 Å². The van der Waals surface area contributed by atoms with Gasteiger partial charge in [0.2, 0.25) is 5.89 Å². The van der Waals surface area contributed by atoms with Gasteiger partial charge in [-0.1, -0.05) is 30.0 Å². The molecule has 0 spiro atoms. The molecule has 3 heterocycles. The van der Waals surface area contributed by atoms with Gasteiger partial charge in [0.1, 0.15) is 5.52 Å². The van der Waals surface area contributed by atoms with Crippen LogP contribution >= 0.6 is 23.1 Å². The van der Waals surface area contributed by atoms with Crippen LogP contribution in [0.5, 0.6) is 0 Å². The molecule has 6 heteroatoms. The van der Waals surface area contributed by atoms with Crippen molar-refractivity contribution in [3.05, 3.63) is 53.9 Å². The van der Waals surface area contributed by atoms with E-state index in [0.29, 0.717) is 16.9 Å². The minimum atomic E-state index is 0.595. The van der Waals surface area contributed by atoms with Crippen molar-refractivity contribution in [3.63, 3.8) is 0 Å². The minimum absolute atomic E-state index is 0.595. The molecule has 0 atom stereocenters. The molecule has 0 amide bonds. The van der Waals surface area contributed by atoms with E-state index in [1.165, 1.54) is 11.8 Å². The zero-order chi connectivity index (χ0) is 14.1. The third-order valence-electron chi connectivity index (χ3n) is 2.91. The zero-order valence-electron chi connectivity index (χ0n) is 10.9. The normalized spacial score (nSPS) is 11.2. The Morgan fingerprint density at radius 1 is 1.10 bits per heavy atom. The molecular weight excluding hydrogens is 304 g/mol. The highest BCUT2D eigenvalue weighted by Gasteiger charge is 2.10. The van der Waals surface area contributed by atoms with E-state index in [0.717, 1.165) is 21.7 Å². The van der Waals surface area contributed by atoms with Gasteiger partial charge in [0.15, 0.2) is 11.3 Å². The molecule has 4 aromatic rings. The summed E-state index contributed by atoms with van der Waals surface area (Å²) in [5.74, 6) is 2.07. The number of hydrogen-bond acceptors (Lipinski definition) is 6. The summed E-state index contributed by atoms with van der Waals surface area (Å²) in [4.78, 5) is 9.79. The van der Waals surface area contributed by atoms with E-state index in [1.54, 1.807) is 17.5 Å². The van der Waals surface area contributed by atoms with E-state index in [2.05, 4.69) is 9.97 Å². The number of fused-ring (bicyclic) bond motifs is 1. The Bertz CT molecular complexity index is 832. The van der Waals surface area contributed by atoms with Crippen LogP contribution in [0.1, 0.15) is 5.89 Å². The van der Waals surface area contributed by atoms with Crippen LogP contribution in [0, 0.1) is 0 Å². The first kappa shape index (κ1) is 12.7. The Kier molecular flexibility index (Phi) is 3.25. The number of para-hydroxylation sites is 2. The average molecular weight is 314 g/mol. The maximum atomic E-state index is 5.73. The second kappa shape index (κ2) is 5.38. The van der Waals surface area contributed by atoms with Gasteiger partial charge in [0.05, 0.1) is 16.8 Å². The number of nitrogens with zero attached hydrogens (tertiary/aromatic N) is 2. The maximum absolute atomic E-state index is 5.73. The van der Waals surface area contributed by atoms with E-state index in [-0.39, 0.29) is 0 Å². The lowest BCUT2D eigenvalue weighted by molar-refractivity contribution is 0.486. The molecule has 0 aliphatic heterocycles. The van der Waals surface area contributed by atoms with Crippen LogP contribution < -0.4 is 0 Å². The lowest BCUT2D eigenvalue weighted by atomic mass is 10.3. The van der Waals surface area contributed by atoms with Crippen LogP contribution in [-0.2, 0) is 5.75 Å². The van der Waals surface area contributed by atoms with Crippen LogP contribution in [-0.4, -0.2) is 9.97 Å². The number of benzene rings is 1. The predicted octanol–water partition coefficient (Wildman–Crippen LogP) is 4.84. The van der Waals surface area contributed by atoms with Crippen molar-refractivity contribution in [1.29, 1.82) is 0 Å². The van der Waals surface area contributed by atoms with E-state index < -0.39 is 0 Å². The molecule has 4 nitrogen and oxygen atoms in total. The van der Waals surface area contributed by atoms with Crippen molar-refractivity contribution in [2.24, 2.45) is 0 Å². The second-order valence-corrected chi connectivity index (χ2v) is 6.21. The van der Waals surface area contributed by atoms with Crippen LogP contribution in [0.25, 0.3) is 21.7 Å². The van der Waals surface area contributed by atoms with E-state index in [1.807, 2.05) is 41.8 Å².